The van der Waals surface area contributed by atoms with Gasteiger partial charge in [-0.15, -0.1) is 11.3 Å². The third kappa shape index (κ3) is 6.59. The summed E-state index contributed by atoms with van der Waals surface area (Å²) in [7, 11) is -3.78. The predicted molar refractivity (Wildman–Crippen MR) is 127 cm³/mol. The molecule has 2 aromatic carbocycles. The number of aliphatic carboxylic acids is 1. The normalized spacial score (nSPS) is 16.0. The Balaban J connectivity index is 0.000000454. The Morgan fingerprint density at radius 1 is 1.19 bits per heavy atom. The maximum atomic E-state index is 12.8. The number of rotatable bonds is 6. The number of amidine groups is 1. The van der Waals surface area contributed by atoms with Gasteiger partial charge in [0.2, 0.25) is 5.91 Å². The zero-order valence-corrected chi connectivity index (χ0v) is 20.1. The first kappa shape index (κ1) is 27.1. The zero-order chi connectivity index (χ0) is 26.7. The maximum absolute atomic E-state index is 12.8. The number of halogens is 3. The number of amides is 1. The van der Waals surface area contributed by atoms with Crippen LogP contribution in [0.1, 0.15) is 17.5 Å². The van der Waals surface area contributed by atoms with E-state index in [2.05, 4.69) is 4.72 Å². The van der Waals surface area contributed by atoms with Crippen molar-refractivity contribution in [3.63, 3.8) is 0 Å². The van der Waals surface area contributed by atoms with Gasteiger partial charge >= 0.3 is 12.1 Å². The Labute approximate surface area is 207 Å². The highest BCUT2D eigenvalue weighted by molar-refractivity contribution is 7.91. The third-order valence-electron chi connectivity index (χ3n) is 5.12. The molecule has 2 heterocycles. The van der Waals surface area contributed by atoms with E-state index < -0.39 is 28.2 Å². The summed E-state index contributed by atoms with van der Waals surface area (Å²) in [4.78, 5) is 23.3. The SMILES string of the molecule is N=C(N)c1cccc(CN2CCC(NS(=O)(=O)c3cc4ccccc4s3)C2=O)c1.O=C(O)C(F)(F)F. The van der Waals surface area contributed by atoms with Crippen molar-refractivity contribution in [2.24, 2.45) is 5.73 Å². The molecule has 36 heavy (non-hydrogen) atoms. The summed E-state index contributed by atoms with van der Waals surface area (Å²) in [6.45, 7) is 0.809. The van der Waals surface area contributed by atoms with Crippen LogP contribution in [0.15, 0.2) is 58.8 Å². The van der Waals surface area contributed by atoms with Gasteiger partial charge in [0, 0.05) is 23.4 Å². The van der Waals surface area contributed by atoms with E-state index in [-0.39, 0.29) is 16.0 Å². The van der Waals surface area contributed by atoms with E-state index in [1.807, 2.05) is 30.3 Å². The fourth-order valence-corrected chi connectivity index (χ4v) is 6.04. The summed E-state index contributed by atoms with van der Waals surface area (Å²) >= 11 is 1.19. The van der Waals surface area contributed by atoms with Crippen molar-refractivity contribution in [3.05, 3.63) is 65.7 Å². The summed E-state index contributed by atoms with van der Waals surface area (Å²) in [5.74, 6) is -3.04. The highest BCUT2D eigenvalue weighted by atomic mass is 32.2. The lowest BCUT2D eigenvalue weighted by atomic mass is 10.1. The number of carbonyl (C=O) groups excluding carboxylic acids is 1. The summed E-state index contributed by atoms with van der Waals surface area (Å²) in [6, 6.07) is 15.5. The molecule has 192 valence electrons. The number of nitrogens with two attached hydrogens (primary N) is 1. The van der Waals surface area contributed by atoms with E-state index in [0.717, 1.165) is 15.6 Å². The molecule has 3 aromatic rings. The smallest absolute Gasteiger partial charge is 0.475 e. The molecule has 1 aliphatic heterocycles. The van der Waals surface area contributed by atoms with E-state index in [1.165, 1.54) is 11.3 Å². The van der Waals surface area contributed by atoms with Crippen LogP contribution in [0.2, 0.25) is 0 Å². The molecule has 0 radical (unpaired) electrons. The topological polar surface area (TPSA) is 154 Å². The number of nitrogens with one attached hydrogen (secondary N) is 2. The number of nitrogen functional groups attached to an aromatic ring is 1. The molecular formula is C22H21F3N4O5S2. The van der Waals surface area contributed by atoms with Crippen molar-refractivity contribution in [1.29, 1.82) is 5.41 Å². The number of benzene rings is 2. The molecule has 1 amide bonds. The number of alkyl halides is 3. The lowest BCUT2D eigenvalue weighted by molar-refractivity contribution is -0.192. The van der Waals surface area contributed by atoms with Crippen LogP contribution >= 0.6 is 11.3 Å². The fraction of sp³-hybridized carbons (Fsp3) is 0.227. The number of likely N-dealkylation sites (tertiary alicyclic amines) is 1. The van der Waals surface area contributed by atoms with Crippen LogP contribution < -0.4 is 10.5 Å². The van der Waals surface area contributed by atoms with Crippen LogP contribution in [0.3, 0.4) is 0 Å². The summed E-state index contributed by atoms with van der Waals surface area (Å²) in [5.41, 5.74) is 6.96. The van der Waals surface area contributed by atoms with Crippen molar-refractivity contribution < 1.29 is 36.3 Å². The van der Waals surface area contributed by atoms with Gasteiger partial charge in [0.15, 0.2) is 0 Å². The number of carbonyl (C=O) groups is 2. The summed E-state index contributed by atoms with van der Waals surface area (Å²) < 4.78 is 61.0. The van der Waals surface area contributed by atoms with E-state index in [4.69, 9.17) is 21.0 Å². The van der Waals surface area contributed by atoms with Gasteiger partial charge in [0.05, 0.1) is 0 Å². The molecule has 0 aliphatic carbocycles. The minimum absolute atomic E-state index is 0.0337. The van der Waals surface area contributed by atoms with Gasteiger partial charge < -0.3 is 15.7 Å². The molecule has 9 nitrogen and oxygen atoms in total. The fourth-order valence-electron chi connectivity index (χ4n) is 3.40. The molecule has 1 aliphatic rings. The van der Waals surface area contributed by atoms with E-state index >= 15 is 0 Å². The van der Waals surface area contributed by atoms with Crippen molar-refractivity contribution in [2.75, 3.05) is 6.54 Å². The molecule has 0 saturated carbocycles. The average Bonchev–Trinajstić information content (AvgIpc) is 3.39. The second kappa shape index (κ2) is 10.6. The average molecular weight is 543 g/mol. The quantitative estimate of drug-likeness (QED) is 0.278. The standard InChI is InChI=1S/C20H20N4O3S2.C2HF3O2/c21-19(22)15-6-3-4-13(10-15)12-24-9-8-16(20(24)25)23-29(26,27)18-11-14-5-1-2-7-17(14)28-18;3-2(4,5)1(6)7/h1-7,10-11,16,23H,8-9,12H2,(H3,21,22);(H,6,7). The second-order valence-electron chi connectivity index (χ2n) is 7.74. The van der Waals surface area contributed by atoms with Gasteiger partial charge in [-0.05, 0) is 35.6 Å². The molecule has 4 rings (SSSR count). The minimum Gasteiger partial charge on any atom is -0.475 e. The van der Waals surface area contributed by atoms with Crippen LogP contribution in [-0.2, 0) is 26.2 Å². The second-order valence-corrected chi connectivity index (χ2v) is 10.8. The van der Waals surface area contributed by atoms with Crippen molar-refractivity contribution >= 4 is 49.2 Å². The number of fused-ring (bicyclic) bond motifs is 1. The first-order valence-corrected chi connectivity index (χ1v) is 12.6. The van der Waals surface area contributed by atoms with Crippen LogP contribution in [0.25, 0.3) is 10.1 Å². The Morgan fingerprint density at radius 2 is 1.86 bits per heavy atom. The number of carboxylic acids is 1. The molecule has 0 bridgehead atoms. The lowest BCUT2D eigenvalue weighted by Crippen LogP contribution is -2.41. The highest BCUT2D eigenvalue weighted by Crippen LogP contribution is 2.29. The number of hydrogen-bond acceptors (Lipinski definition) is 6. The highest BCUT2D eigenvalue weighted by Gasteiger charge is 2.38. The summed E-state index contributed by atoms with van der Waals surface area (Å²) in [5, 5.41) is 15.5. The molecule has 1 saturated heterocycles. The Hall–Kier alpha value is -3.49. The van der Waals surface area contributed by atoms with Crippen LogP contribution in [0.4, 0.5) is 13.2 Å². The Morgan fingerprint density at radius 3 is 2.47 bits per heavy atom. The van der Waals surface area contributed by atoms with Crippen LogP contribution in [0, 0.1) is 5.41 Å². The van der Waals surface area contributed by atoms with E-state index in [1.54, 1.807) is 29.2 Å². The van der Waals surface area contributed by atoms with Gasteiger partial charge in [-0.2, -0.15) is 17.9 Å². The predicted octanol–water partition coefficient (Wildman–Crippen LogP) is 2.90. The number of hydrogen-bond donors (Lipinski definition) is 4. The van der Waals surface area contributed by atoms with Crippen LogP contribution in [-0.4, -0.2) is 54.9 Å². The van der Waals surface area contributed by atoms with Gasteiger partial charge in [-0.3, -0.25) is 10.2 Å². The Kier molecular flexibility index (Phi) is 8.01. The van der Waals surface area contributed by atoms with E-state index in [0.29, 0.717) is 25.1 Å². The van der Waals surface area contributed by atoms with Crippen molar-refractivity contribution in [3.8, 4) is 0 Å². The largest absolute Gasteiger partial charge is 0.490 e. The molecular weight excluding hydrogens is 521 g/mol. The lowest BCUT2D eigenvalue weighted by Gasteiger charge is -2.17. The number of nitrogens with zero attached hydrogens (tertiary/aromatic N) is 1. The van der Waals surface area contributed by atoms with Crippen LogP contribution in [0.5, 0.6) is 0 Å². The molecule has 1 aromatic heterocycles. The monoisotopic (exact) mass is 542 g/mol. The maximum Gasteiger partial charge on any atom is 0.490 e. The molecule has 14 heteroatoms. The molecule has 0 spiro atoms. The van der Waals surface area contributed by atoms with Gasteiger partial charge in [-0.25, -0.2) is 13.2 Å². The first-order valence-electron chi connectivity index (χ1n) is 10.3. The third-order valence-corrected chi connectivity index (χ3v) is 8.18. The van der Waals surface area contributed by atoms with Crippen molar-refractivity contribution in [2.45, 2.75) is 29.4 Å². The number of carboxylic acid groups (broad SMARTS) is 1. The molecule has 1 unspecified atom stereocenters. The van der Waals surface area contributed by atoms with Gasteiger partial charge in [0.25, 0.3) is 10.0 Å². The molecule has 5 N–H and O–H groups in total. The summed E-state index contributed by atoms with van der Waals surface area (Å²) in [6.07, 6.45) is -4.67. The first-order chi connectivity index (χ1) is 16.8. The van der Waals surface area contributed by atoms with E-state index in [9.17, 15) is 26.4 Å². The minimum atomic E-state index is -5.08. The van der Waals surface area contributed by atoms with Gasteiger partial charge in [0.1, 0.15) is 16.1 Å². The molecule has 1 fully saturated rings. The number of thiophene rings is 1. The number of sulfonamides is 1. The van der Waals surface area contributed by atoms with Crippen molar-refractivity contribution in [1.82, 2.24) is 9.62 Å². The zero-order valence-electron chi connectivity index (χ0n) is 18.4. The molecule has 1 atom stereocenters. The van der Waals surface area contributed by atoms with Gasteiger partial charge in [-0.1, -0.05) is 36.4 Å². The Bertz CT molecular complexity index is 1370.